The summed E-state index contributed by atoms with van der Waals surface area (Å²) in [4.78, 5) is 0. The lowest BCUT2D eigenvalue weighted by molar-refractivity contribution is -0.116. The van der Waals surface area contributed by atoms with Crippen molar-refractivity contribution in [3.05, 3.63) is 0 Å². The van der Waals surface area contributed by atoms with Crippen molar-refractivity contribution in [2.24, 2.45) is 0 Å². The van der Waals surface area contributed by atoms with Gasteiger partial charge >= 0.3 is 7.82 Å². The Morgan fingerprint density at radius 1 is 0.767 bits per heavy atom. The highest BCUT2D eigenvalue weighted by Gasteiger charge is 2.38. The quantitative estimate of drug-likeness (QED) is 0.143. The van der Waals surface area contributed by atoms with E-state index in [2.05, 4.69) is 13.8 Å². The van der Waals surface area contributed by atoms with Crippen molar-refractivity contribution >= 4 is 7.82 Å². The molecule has 0 aromatic heterocycles. The van der Waals surface area contributed by atoms with E-state index in [0.29, 0.717) is 33.0 Å². The van der Waals surface area contributed by atoms with Gasteiger partial charge in [0, 0.05) is 20.3 Å². The molecule has 0 spiro atoms. The summed E-state index contributed by atoms with van der Waals surface area (Å²) in [7, 11) is -2.15. The highest BCUT2D eigenvalue weighted by molar-refractivity contribution is 7.48. The first kappa shape index (κ1) is 30.0. The van der Waals surface area contributed by atoms with Gasteiger partial charge in [-0.15, -0.1) is 0 Å². The largest absolute Gasteiger partial charge is 0.475 e. The first-order valence-electron chi connectivity index (χ1n) is 11.8. The number of phosphoric ester groups is 1. The number of rotatable bonds is 22. The fourth-order valence-corrected chi connectivity index (χ4v) is 4.10. The van der Waals surface area contributed by atoms with Crippen LogP contribution >= 0.6 is 7.82 Å². The molecule has 0 aliphatic heterocycles. The molecule has 0 fully saturated rings. The second-order valence-corrected chi connectivity index (χ2v) is 9.14. The number of methoxy groups -OCH3 is 1. The molecule has 0 saturated carbocycles. The molecule has 0 aromatic carbocycles. The van der Waals surface area contributed by atoms with Crippen LogP contribution in [0.25, 0.3) is 0 Å². The first-order valence-corrected chi connectivity index (χ1v) is 13.2. The third-order valence-electron chi connectivity index (χ3n) is 4.68. The average molecular weight is 455 g/mol. The predicted octanol–water partition coefficient (Wildman–Crippen LogP) is 6.15. The summed E-state index contributed by atoms with van der Waals surface area (Å²) in [5.41, 5.74) is 0. The van der Waals surface area contributed by atoms with E-state index < -0.39 is 20.0 Å². The van der Waals surface area contributed by atoms with Crippen molar-refractivity contribution in [1.82, 2.24) is 0 Å². The van der Waals surface area contributed by atoms with Gasteiger partial charge in [0.05, 0.1) is 25.9 Å². The van der Waals surface area contributed by atoms with Gasteiger partial charge in [-0.05, 0) is 32.6 Å². The maximum Gasteiger partial charge on any atom is 0.475 e. The van der Waals surface area contributed by atoms with E-state index >= 15 is 0 Å². The predicted molar refractivity (Wildman–Crippen MR) is 121 cm³/mol. The summed E-state index contributed by atoms with van der Waals surface area (Å²) < 4.78 is 48.0. The molecule has 2 unspecified atom stereocenters. The fraction of sp³-hybridized carbons (Fsp3) is 1.00. The molecule has 7 nitrogen and oxygen atoms in total. The Hall–Kier alpha value is -0.0100. The van der Waals surface area contributed by atoms with Crippen molar-refractivity contribution < 1.29 is 32.3 Å². The molecule has 0 saturated heterocycles. The summed E-state index contributed by atoms with van der Waals surface area (Å²) in [5, 5.41) is 0. The third kappa shape index (κ3) is 14.1. The number of ether oxygens (including phenoxy) is 3. The monoisotopic (exact) mass is 454 g/mol. The summed E-state index contributed by atoms with van der Waals surface area (Å²) in [6.07, 6.45) is 6.00. The van der Waals surface area contributed by atoms with E-state index in [4.69, 9.17) is 27.8 Å². The molecule has 0 rings (SSSR count). The normalized spacial score (nSPS) is 15.3. The van der Waals surface area contributed by atoms with Crippen LogP contribution in [0.1, 0.15) is 86.0 Å². The lowest BCUT2D eigenvalue weighted by Gasteiger charge is -2.33. The van der Waals surface area contributed by atoms with Crippen molar-refractivity contribution in [1.29, 1.82) is 0 Å². The maximum absolute atomic E-state index is 13.4. The van der Waals surface area contributed by atoms with Gasteiger partial charge in [0.25, 0.3) is 0 Å². The maximum atomic E-state index is 13.4. The lowest BCUT2D eigenvalue weighted by atomic mass is 10.1. The molecule has 0 amide bonds. The molecular weight excluding hydrogens is 407 g/mol. The Kier molecular flexibility index (Phi) is 19.7. The molecule has 0 heterocycles. The minimum atomic E-state index is -3.76. The van der Waals surface area contributed by atoms with Crippen LogP contribution in [0.4, 0.5) is 0 Å². The van der Waals surface area contributed by atoms with E-state index in [1.165, 1.54) is 0 Å². The van der Waals surface area contributed by atoms with Gasteiger partial charge in [-0.2, -0.15) is 0 Å². The Balaban J connectivity index is 5.31. The second-order valence-electron chi connectivity index (χ2n) is 7.52. The van der Waals surface area contributed by atoms with Crippen molar-refractivity contribution in [3.63, 3.8) is 0 Å². The summed E-state index contributed by atoms with van der Waals surface area (Å²) in [5.74, 6) is 0. The Bertz CT molecular complexity index is 408. The minimum Gasteiger partial charge on any atom is -0.379 e. The molecule has 0 radical (unpaired) electrons. The van der Waals surface area contributed by atoms with Crippen LogP contribution < -0.4 is 0 Å². The van der Waals surface area contributed by atoms with Gasteiger partial charge in [0.1, 0.15) is 12.2 Å². The standard InChI is InChI=1S/C22H47O7P/c1-7-11-15-25-19-21(24-6)22(20(5)26-16-12-8-2)29-30(23,27-17-13-9-3)28-18-14-10-4/h20-22H,7-19H2,1-6H3/t20-,21?,22?/m1/s1. The van der Waals surface area contributed by atoms with Gasteiger partial charge in [-0.3, -0.25) is 13.6 Å². The van der Waals surface area contributed by atoms with Crippen LogP contribution in [0.2, 0.25) is 0 Å². The molecule has 8 heteroatoms. The summed E-state index contributed by atoms with van der Waals surface area (Å²) in [6.45, 7) is 12.4. The number of hydrogen-bond acceptors (Lipinski definition) is 7. The molecule has 0 N–H and O–H groups in total. The highest BCUT2D eigenvalue weighted by Crippen LogP contribution is 2.52. The Morgan fingerprint density at radius 2 is 1.27 bits per heavy atom. The van der Waals surface area contributed by atoms with Crippen LogP contribution in [-0.2, 0) is 32.3 Å². The average Bonchev–Trinajstić information content (AvgIpc) is 2.73. The van der Waals surface area contributed by atoms with Gasteiger partial charge in [-0.1, -0.05) is 53.4 Å². The number of unbranched alkanes of at least 4 members (excludes halogenated alkanes) is 4. The van der Waals surface area contributed by atoms with E-state index in [1.807, 2.05) is 20.8 Å². The lowest BCUT2D eigenvalue weighted by Crippen LogP contribution is -2.43. The summed E-state index contributed by atoms with van der Waals surface area (Å²) in [6, 6.07) is 0. The zero-order valence-corrected chi connectivity index (χ0v) is 21.1. The zero-order valence-electron chi connectivity index (χ0n) is 20.2. The zero-order chi connectivity index (χ0) is 22.7. The smallest absolute Gasteiger partial charge is 0.379 e. The van der Waals surface area contributed by atoms with Gasteiger partial charge in [0.2, 0.25) is 0 Å². The Morgan fingerprint density at radius 3 is 1.77 bits per heavy atom. The van der Waals surface area contributed by atoms with E-state index in [-0.39, 0.29) is 6.10 Å². The first-order chi connectivity index (χ1) is 14.5. The minimum absolute atomic E-state index is 0.322. The Labute approximate surface area is 185 Å². The summed E-state index contributed by atoms with van der Waals surface area (Å²) >= 11 is 0. The van der Waals surface area contributed by atoms with Crippen LogP contribution in [0, 0.1) is 0 Å². The van der Waals surface area contributed by atoms with Crippen molar-refractivity contribution in [2.75, 3.05) is 40.1 Å². The van der Waals surface area contributed by atoms with E-state index in [9.17, 15) is 4.57 Å². The van der Waals surface area contributed by atoms with Crippen LogP contribution in [-0.4, -0.2) is 58.5 Å². The number of hydrogen-bond donors (Lipinski definition) is 0. The third-order valence-corrected chi connectivity index (χ3v) is 6.18. The molecule has 0 aliphatic carbocycles. The van der Waals surface area contributed by atoms with Crippen LogP contribution in [0.15, 0.2) is 0 Å². The molecule has 0 bridgehead atoms. The molecule has 3 atom stereocenters. The molecule has 182 valence electrons. The number of phosphoric acid groups is 1. The van der Waals surface area contributed by atoms with E-state index in [1.54, 1.807) is 7.11 Å². The molecular formula is C22H47O7P. The molecule has 30 heavy (non-hydrogen) atoms. The molecule has 0 aliphatic rings. The highest BCUT2D eigenvalue weighted by atomic mass is 31.2. The fourth-order valence-electron chi connectivity index (χ4n) is 2.60. The topological polar surface area (TPSA) is 72.5 Å². The van der Waals surface area contributed by atoms with Crippen LogP contribution in [0.5, 0.6) is 0 Å². The molecule has 0 aromatic rings. The van der Waals surface area contributed by atoms with Gasteiger partial charge in [0.15, 0.2) is 0 Å². The van der Waals surface area contributed by atoms with Gasteiger partial charge in [-0.25, -0.2) is 4.57 Å². The van der Waals surface area contributed by atoms with Crippen molar-refractivity contribution in [2.45, 2.75) is 104 Å². The SMILES string of the molecule is CCCCOCC(OC)C(OP(=O)(OCCCC)OCCCC)[C@@H](C)OCCCC. The van der Waals surface area contributed by atoms with E-state index in [0.717, 1.165) is 51.4 Å². The van der Waals surface area contributed by atoms with Crippen molar-refractivity contribution in [3.8, 4) is 0 Å². The van der Waals surface area contributed by atoms with Gasteiger partial charge < -0.3 is 14.2 Å². The second kappa shape index (κ2) is 19.7. The van der Waals surface area contributed by atoms with Crippen LogP contribution in [0.3, 0.4) is 0 Å².